The molecule has 0 bridgehead atoms. The first-order chi connectivity index (χ1) is 11.8. The van der Waals surface area contributed by atoms with Crippen molar-refractivity contribution in [3.05, 3.63) is 47.3 Å². The summed E-state index contributed by atoms with van der Waals surface area (Å²) in [5, 5.41) is 22.5. The Morgan fingerprint density at radius 2 is 2.25 bits per heavy atom. The quantitative estimate of drug-likeness (QED) is 0.416. The van der Waals surface area contributed by atoms with Crippen LogP contribution in [0.3, 0.4) is 0 Å². The number of rotatable bonds is 6. The van der Waals surface area contributed by atoms with Gasteiger partial charge in [0.25, 0.3) is 5.91 Å². The minimum Gasteiger partial charge on any atom is -0.296 e. The van der Waals surface area contributed by atoms with Crippen molar-refractivity contribution in [3.63, 3.8) is 0 Å². The zero-order valence-electron chi connectivity index (χ0n) is 13.2. The normalized spacial score (nSPS) is 18.3. The number of benzene rings is 1. The smallest absolute Gasteiger partial charge is 0.267 e. The predicted octanol–water partition coefficient (Wildman–Crippen LogP) is 1.10. The molecule has 2 aromatic rings. The molecule has 1 aliphatic rings. The van der Waals surface area contributed by atoms with Gasteiger partial charge in [-0.05, 0) is 36.6 Å². The van der Waals surface area contributed by atoms with Crippen LogP contribution in [0.5, 0.6) is 0 Å². The van der Waals surface area contributed by atoms with Crippen LogP contribution in [0.2, 0.25) is 0 Å². The molecule has 3 N–H and O–H groups in total. The lowest BCUT2D eigenvalue weighted by Crippen LogP contribution is -2.26. The minimum atomic E-state index is -0.539. The molecule has 0 spiro atoms. The molecule has 3 rings (SSSR count). The van der Waals surface area contributed by atoms with Crippen molar-refractivity contribution in [2.24, 2.45) is 0 Å². The van der Waals surface area contributed by atoms with Gasteiger partial charge in [-0.3, -0.25) is 14.9 Å². The third-order valence-corrected chi connectivity index (χ3v) is 4.23. The molecular weight excluding hydrogens is 308 g/mol. The van der Waals surface area contributed by atoms with Gasteiger partial charge in [-0.2, -0.15) is 5.21 Å². The first kappa shape index (κ1) is 16.3. The van der Waals surface area contributed by atoms with Crippen LogP contribution < -0.4 is 5.48 Å². The largest absolute Gasteiger partial charge is 0.296 e. The molecule has 8 heteroatoms. The molecule has 1 aromatic heterocycles. The number of tetrazole rings is 1. The van der Waals surface area contributed by atoms with Crippen LogP contribution in [-0.4, -0.2) is 49.7 Å². The number of nitrogens with one attached hydrogen (secondary N) is 2. The number of carbonyl (C=O) groups is 1. The highest BCUT2D eigenvalue weighted by Gasteiger charge is 2.25. The molecule has 1 amide bonds. The number of carbonyl (C=O) groups excluding carboxylic acids is 1. The van der Waals surface area contributed by atoms with Gasteiger partial charge in [-0.25, -0.2) is 5.48 Å². The van der Waals surface area contributed by atoms with Gasteiger partial charge in [0, 0.05) is 25.1 Å². The fraction of sp³-hybridized carbons (Fsp3) is 0.375. The molecular formula is C16H20N6O2. The number of aromatic nitrogens is 4. The maximum atomic E-state index is 11.0. The molecule has 24 heavy (non-hydrogen) atoms. The van der Waals surface area contributed by atoms with Gasteiger partial charge < -0.3 is 0 Å². The molecule has 0 unspecified atom stereocenters. The second-order valence-electron chi connectivity index (χ2n) is 5.75. The number of H-pyrrole nitrogens is 1. The van der Waals surface area contributed by atoms with Crippen molar-refractivity contribution >= 4 is 12.0 Å². The van der Waals surface area contributed by atoms with Crippen molar-refractivity contribution in [2.75, 3.05) is 13.1 Å². The monoisotopic (exact) mass is 328 g/mol. The summed E-state index contributed by atoms with van der Waals surface area (Å²) in [6.07, 6.45) is 6.05. The number of hydrogen-bond acceptors (Lipinski definition) is 6. The summed E-state index contributed by atoms with van der Waals surface area (Å²) in [4.78, 5) is 13.4. The molecule has 1 saturated heterocycles. The van der Waals surface area contributed by atoms with Gasteiger partial charge in [-0.1, -0.05) is 29.5 Å². The average Bonchev–Trinajstić information content (AvgIpc) is 3.29. The maximum Gasteiger partial charge on any atom is 0.267 e. The van der Waals surface area contributed by atoms with E-state index in [9.17, 15) is 4.79 Å². The fourth-order valence-electron chi connectivity index (χ4n) is 3.04. The van der Waals surface area contributed by atoms with Crippen molar-refractivity contribution in [1.29, 1.82) is 0 Å². The summed E-state index contributed by atoms with van der Waals surface area (Å²) in [7, 11) is 0. The zero-order valence-corrected chi connectivity index (χ0v) is 13.2. The Balaban J connectivity index is 1.62. The Labute approximate surface area is 139 Å². The van der Waals surface area contributed by atoms with E-state index in [4.69, 9.17) is 5.21 Å². The zero-order chi connectivity index (χ0) is 16.8. The third kappa shape index (κ3) is 4.03. The summed E-state index contributed by atoms with van der Waals surface area (Å²) in [5.41, 5.74) is 3.76. The standard InChI is InChI=1S/C16H20N6O2/c23-16(19-24)8-5-12-3-6-13(7-4-12)14-2-1-10-22(14)11-9-15-17-20-21-18-15/h3-8,14,24H,1-2,9-11H2,(H,19,23)(H,17,18,20,21)/t14-/m0/s1. The summed E-state index contributed by atoms with van der Waals surface area (Å²) in [6, 6.07) is 8.54. The third-order valence-electron chi connectivity index (χ3n) is 4.23. The highest BCUT2D eigenvalue weighted by atomic mass is 16.5. The number of hydroxylamine groups is 1. The first-order valence-electron chi connectivity index (χ1n) is 7.95. The van der Waals surface area contributed by atoms with Crippen molar-refractivity contribution < 1.29 is 10.0 Å². The molecule has 0 radical (unpaired) electrons. The molecule has 8 nitrogen and oxygen atoms in total. The van der Waals surface area contributed by atoms with E-state index in [0.717, 1.165) is 37.3 Å². The highest BCUT2D eigenvalue weighted by Crippen LogP contribution is 2.31. The van der Waals surface area contributed by atoms with Crippen LogP contribution in [0.15, 0.2) is 30.3 Å². The molecule has 1 aliphatic heterocycles. The van der Waals surface area contributed by atoms with Crippen molar-refractivity contribution in [1.82, 2.24) is 31.0 Å². The molecule has 1 atom stereocenters. The molecule has 0 aliphatic carbocycles. The van der Waals surface area contributed by atoms with Gasteiger partial charge in [0.1, 0.15) is 0 Å². The van der Waals surface area contributed by atoms with E-state index in [1.54, 1.807) is 11.6 Å². The lowest BCUT2D eigenvalue weighted by Gasteiger charge is -2.24. The number of likely N-dealkylation sites (tertiary alicyclic amines) is 1. The van der Waals surface area contributed by atoms with E-state index >= 15 is 0 Å². The molecule has 0 saturated carbocycles. The highest BCUT2D eigenvalue weighted by molar-refractivity contribution is 5.90. The van der Waals surface area contributed by atoms with Crippen LogP contribution in [0.4, 0.5) is 0 Å². The molecule has 1 aromatic carbocycles. The average molecular weight is 328 g/mol. The molecule has 2 heterocycles. The van der Waals surface area contributed by atoms with E-state index in [0.29, 0.717) is 6.04 Å². The van der Waals surface area contributed by atoms with E-state index in [-0.39, 0.29) is 0 Å². The Hall–Kier alpha value is -2.58. The van der Waals surface area contributed by atoms with E-state index in [2.05, 4.69) is 37.7 Å². The van der Waals surface area contributed by atoms with Crippen LogP contribution in [-0.2, 0) is 11.2 Å². The number of nitrogens with zero attached hydrogens (tertiary/aromatic N) is 4. The van der Waals surface area contributed by atoms with Crippen LogP contribution in [0, 0.1) is 0 Å². The van der Waals surface area contributed by atoms with Crippen LogP contribution in [0.25, 0.3) is 6.08 Å². The fourth-order valence-corrected chi connectivity index (χ4v) is 3.04. The number of amides is 1. The van der Waals surface area contributed by atoms with Crippen LogP contribution in [0.1, 0.15) is 35.8 Å². The summed E-state index contributed by atoms with van der Waals surface area (Å²) in [5.74, 6) is 0.200. The second kappa shape index (κ2) is 7.80. The summed E-state index contributed by atoms with van der Waals surface area (Å²) < 4.78 is 0. The SMILES string of the molecule is O=C(C=Cc1ccc([C@@H]2CCCN2CCc2nn[nH]n2)cc1)NO. The maximum absolute atomic E-state index is 11.0. The van der Waals surface area contributed by atoms with Crippen LogP contribution >= 0.6 is 0 Å². The van der Waals surface area contributed by atoms with E-state index in [1.807, 2.05) is 12.1 Å². The van der Waals surface area contributed by atoms with Gasteiger partial charge >= 0.3 is 0 Å². The Morgan fingerprint density at radius 1 is 1.42 bits per heavy atom. The van der Waals surface area contributed by atoms with Crippen molar-refractivity contribution in [2.45, 2.75) is 25.3 Å². The predicted molar refractivity (Wildman–Crippen MR) is 86.8 cm³/mol. The lowest BCUT2D eigenvalue weighted by atomic mass is 10.0. The Bertz CT molecular complexity index is 683. The Morgan fingerprint density at radius 3 is 2.96 bits per heavy atom. The van der Waals surface area contributed by atoms with Gasteiger partial charge in [0.2, 0.25) is 0 Å². The van der Waals surface area contributed by atoms with Gasteiger partial charge in [0.05, 0.1) is 0 Å². The topological polar surface area (TPSA) is 107 Å². The van der Waals surface area contributed by atoms with E-state index < -0.39 is 5.91 Å². The molecule has 1 fully saturated rings. The van der Waals surface area contributed by atoms with Crippen molar-refractivity contribution in [3.8, 4) is 0 Å². The number of aromatic amines is 1. The Kier molecular flexibility index (Phi) is 5.29. The summed E-state index contributed by atoms with van der Waals surface area (Å²) >= 11 is 0. The van der Waals surface area contributed by atoms with E-state index in [1.165, 1.54) is 18.1 Å². The van der Waals surface area contributed by atoms with Gasteiger partial charge in [0.15, 0.2) is 5.82 Å². The first-order valence-corrected chi connectivity index (χ1v) is 7.95. The minimum absolute atomic E-state index is 0.399. The number of hydrogen-bond donors (Lipinski definition) is 3. The summed E-state index contributed by atoms with van der Waals surface area (Å²) in [6.45, 7) is 1.98. The second-order valence-corrected chi connectivity index (χ2v) is 5.75. The van der Waals surface area contributed by atoms with Gasteiger partial charge in [-0.15, -0.1) is 10.2 Å². The lowest BCUT2D eigenvalue weighted by molar-refractivity contribution is -0.124. The molecule has 126 valence electrons.